The van der Waals surface area contributed by atoms with Crippen LogP contribution < -0.4 is 4.90 Å². The van der Waals surface area contributed by atoms with Crippen molar-refractivity contribution in [1.29, 1.82) is 0 Å². The van der Waals surface area contributed by atoms with Gasteiger partial charge in [0.25, 0.3) is 0 Å². The van der Waals surface area contributed by atoms with Crippen LogP contribution in [-0.2, 0) is 0 Å². The van der Waals surface area contributed by atoms with Crippen LogP contribution in [0.5, 0.6) is 0 Å². The first-order valence-electron chi connectivity index (χ1n) is 16.0. The molecule has 7 aromatic rings. The number of hydrogen-bond donors (Lipinski definition) is 0. The number of hydrogen-bond acceptors (Lipinski definition) is 1. The van der Waals surface area contributed by atoms with E-state index in [1.807, 2.05) is 0 Å². The molecule has 0 fully saturated rings. The van der Waals surface area contributed by atoms with E-state index in [1.54, 1.807) is 0 Å². The predicted molar refractivity (Wildman–Crippen MR) is 194 cm³/mol. The molecule has 6 aromatic carbocycles. The van der Waals surface area contributed by atoms with Crippen molar-refractivity contribution in [2.45, 2.75) is 12.8 Å². The largest absolute Gasteiger partial charge is 0.310 e. The zero-order valence-electron chi connectivity index (χ0n) is 25.5. The number of rotatable bonds is 6. The summed E-state index contributed by atoms with van der Waals surface area (Å²) in [6.07, 6.45) is 9.04. The molecule has 0 radical (unpaired) electrons. The second kappa shape index (κ2) is 10.9. The summed E-state index contributed by atoms with van der Waals surface area (Å²) in [6.45, 7) is 0. The van der Waals surface area contributed by atoms with Gasteiger partial charge in [-0.2, -0.15) is 0 Å². The molecule has 0 spiro atoms. The van der Waals surface area contributed by atoms with Gasteiger partial charge in [-0.3, -0.25) is 0 Å². The van der Waals surface area contributed by atoms with E-state index in [-0.39, 0.29) is 0 Å². The van der Waals surface area contributed by atoms with Gasteiger partial charge in [-0.25, -0.2) is 0 Å². The summed E-state index contributed by atoms with van der Waals surface area (Å²) >= 11 is 0. The molecule has 0 aliphatic heterocycles. The normalized spacial score (nSPS) is 13.9. The lowest BCUT2D eigenvalue weighted by Crippen LogP contribution is -2.10. The molecule has 1 aromatic heterocycles. The van der Waals surface area contributed by atoms with Gasteiger partial charge in [0.1, 0.15) is 0 Å². The molecule has 9 rings (SSSR count). The van der Waals surface area contributed by atoms with Crippen LogP contribution in [0.15, 0.2) is 181 Å². The van der Waals surface area contributed by atoms with Crippen molar-refractivity contribution < 1.29 is 0 Å². The minimum atomic E-state index is 1.03. The smallest absolute Gasteiger partial charge is 0.0542 e. The Bertz CT molecular complexity index is 2320. The molecule has 0 unspecified atom stereocenters. The molecule has 2 heteroatoms. The third kappa shape index (κ3) is 4.50. The van der Waals surface area contributed by atoms with Crippen molar-refractivity contribution >= 4 is 44.4 Å². The fourth-order valence-electron chi connectivity index (χ4n) is 7.20. The van der Waals surface area contributed by atoms with Gasteiger partial charge >= 0.3 is 0 Å². The first kappa shape index (κ1) is 26.5. The van der Waals surface area contributed by atoms with Gasteiger partial charge in [0.05, 0.1) is 11.0 Å². The van der Waals surface area contributed by atoms with Crippen molar-refractivity contribution in [3.8, 4) is 16.8 Å². The molecule has 2 aliphatic rings. The maximum atomic E-state index is 2.39. The SMILES string of the molecule is C1=CC2=C(C=C(c3ccc(N(c4ccc(-c5ccccc5)cc4)c4ccc5c(c4)c4ccccc4n5-c4ccccc4)cc3)C2)C1. The van der Waals surface area contributed by atoms with Crippen LogP contribution in [0.25, 0.3) is 44.2 Å². The Hall–Kier alpha value is -5.86. The van der Waals surface area contributed by atoms with Crippen molar-refractivity contribution in [3.05, 3.63) is 187 Å². The van der Waals surface area contributed by atoms with E-state index in [0.29, 0.717) is 0 Å². The Labute approximate surface area is 269 Å². The Kier molecular flexibility index (Phi) is 6.31. The van der Waals surface area contributed by atoms with Gasteiger partial charge in [0.15, 0.2) is 0 Å². The molecule has 0 saturated heterocycles. The highest BCUT2D eigenvalue weighted by atomic mass is 15.1. The molecule has 1 heterocycles. The first-order valence-corrected chi connectivity index (χ1v) is 16.0. The minimum Gasteiger partial charge on any atom is -0.310 e. The summed E-state index contributed by atoms with van der Waals surface area (Å²) in [5.41, 5.74) is 15.1. The molecular weight excluding hydrogens is 556 g/mol. The number of anilines is 3. The Morgan fingerprint density at radius 1 is 0.478 bits per heavy atom. The summed E-state index contributed by atoms with van der Waals surface area (Å²) in [5, 5.41) is 2.49. The molecule has 0 amide bonds. The van der Waals surface area contributed by atoms with E-state index in [1.165, 1.54) is 60.9 Å². The molecule has 0 N–H and O–H groups in total. The average molecular weight is 589 g/mol. The van der Waals surface area contributed by atoms with E-state index in [9.17, 15) is 0 Å². The Morgan fingerprint density at radius 3 is 1.83 bits per heavy atom. The second-order valence-electron chi connectivity index (χ2n) is 12.2. The maximum Gasteiger partial charge on any atom is 0.0542 e. The van der Waals surface area contributed by atoms with Crippen LogP contribution in [0.1, 0.15) is 18.4 Å². The van der Waals surface area contributed by atoms with Crippen LogP contribution in [0.3, 0.4) is 0 Å². The molecule has 0 saturated carbocycles. The van der Waals surface area contributed by atoms with Gasteiger partial charge in [-0.05, 0) is 107 Å². The van der Waals surface area contributed by atoms with Crippen molar-refractivity contribution in [3.63, 3.8) is 0 Å². The summed E-state index contributed by atoms with van der Waals surface area (Å²) in [6, 6.07) is 55.0. The third-order valence-corrected chi connectivity index (χ3v) is 9.46. The van der Waals surface area contributed by atoms with Crippen LogP contribution in [-0.4, -0.2) is 4.57 Å². The molecule has 0 bridgehead atoms. The van der Waals surface area contributed by atoms with Crippen LogP contribution in [0.4, 0.5) is 17.1 Å². The number of benzene rings is 6. The number of nitrogens with zero attached hydrogens (tertiary/aromatic N) is 2. The lowest BCUT2D eigenvalue weighted by molar-refractivity contribution is 1.18. The third-order valence-electron chi connectivity index (χ3n) is 9.46. The zero-order chi connectivity index (χ0) is 30.5. The second-order valence-corrected chi connectivity index (χ2v) is 12.2. The van der Waals surface area contributed by atoms with Gasteiger partial charge in [-0.1, -0.05) is 109 Å². The summed E-state index contributed by atoms with van der Waals surface area (Å²) in [4.78, 5) is 2.39. The molecule has 46 heavy (non-hydrogen) atoms. The molecule has 2 aliphatic carbocycles. The van der Waals surface area contributed by atoms with Crippen molar-refractivity contribution in [2.75, 3.05) is 4.90 Å². The fraction of sp³-hybridized carbons (Fsp3) is 0.0455. The van der Waals surface area contributed by atoms with Gasteiger partial charge in [-0.15, -0.1) is 0 Å². The van der Waals surface area contributed by atoms with E-state index in [4.69, 9.17) is 0 Å². The lowest BCUT2D eigenvalue weighted by Gasteiger charge is -2.26. The van der Waals surface area contributed by atoms with E-state index in [0.717, 1.165) is 29.9 Å². The molecular formula is C44H32N2. The summed E-state index contributed by atoms with van der Waals surface area (Å²) < 4.78 is 2.37. The van der Waals surface area contributed by atoms with Gasteiger partial charge in [0.2, 0.25) is 0 Å². The number of fused-ring (bicyclic) bond motifs is 3. The highest BCUT2D eigenvalue weighted by molar-refractivity contribution is 6.10. The van der Waals surface area contributed by atoms with E-state index < -0.39 is 0 Å². The van der Waals surface area contributed by atoms with E-state index >= 15 is 0 Å². The van der Waals surface area contributed by atoms with Gasteiger partial charge < -0.3 is 9.47 Å². The topological polar surface area (TPSA) is 8.17 Å². The predicted octanol–water partition coefficient (Wildman–Crippen LogP) is 12.0. The van der Waals surface area contributed by atoms with Crippen molar-refractivity contribution in [1.82, 2.24) is 4.57 Å². The number of para-hydroxylation sites is 2. The van der Waals surface area contributed by atoms with Crippen LogP contribution in [0, 0.1) is 0 Å². The number of aromatic nitrogens is 1. The van der Waals surface area contributed by atoms with Gasteiger partial charge in [0, 0.05) is 33.5 Å². The monoisotopic (exact) mass is 588 g/mol. The number of allylic oxidation sites excluding steroid dienone is 6. The van der Waals surface area contributed by atoms with E-state index in [2.05, 4.69) is 179 Å². The average Bonchev–Trinajstić information content (AvgIpc) is 3.83. The Morgan fingerprint density at radius 2 is 1.09 bits per heavy atom. The lowest BCUT2D eigenvalue weighted by atomic mass is 10.0. The highest BCUT2D eigenvalue weighted by Gasteiger charge is 2.20. The fourth-order valence-corrected chi connectivity index (χ4v) is 7.20. The first-order chi connectivity index (χ1) is 22.8. The summed E-state index contributed by atoms with van der Waals surface area (Å²) in [7, 11) is 0. The Balaban J connectivity index is 1.17. The quantitative estimate of drug-likeness (QED) is 0.188. The minimum absolute atomic E-state index is 1.03. The van der Waals surface area contributed by atoms with Crippen molar-refractivity contribution in [2.24, 2.45) is 0 Å². The highest BCUT2D eigenvalue weighted by Crippen LogP contribution is 2.42. The summed E-state index contributed by atoms with van der Waals surface area (Å²) in [5.74, 6) is 0. The van der Waals surface area contributed by atoms with Crippen LogP contribution >= 0.6 is 0 Å². The van der Waals surface area contributed by atoms with Crippen LogP contribution in [0.2, 0.25) is 0 Å². The molecule has 218 valence electrons. The molecule has 0 atom stereocenters. The maximum absolute atomic E-state index is 2.39. The standard InChI is InChI=1S/C44H32N2/c1-3-10-31(11-4-1)32-18-22-38(23-19-32)45(39-24-20-33(21-25-39)36-28-34-12-9-13-35(34)29-36)40-26-27-44-42(30-40)41-16-7-8-17-43(41)46(44)37-14-5-2-6-15-37/h1-12,14-27,29-30H,13,28H2. The molecule has 2 nitrogen and oxygen atoms in total. The zero-order valence-corrected chi connectivity index (χ0v) is 25.5.